The predicted octanol–water partition coefficient (Wildman–Crippen LogP) is 2.40. The summed E-state index contributed by atoms with van der Waals surface area (Å²) in [5.41, 5.74) is 6.03. The van der Waals surface area contributed by atoms with E-state index in [2.05, 4.69) is 15.0 Å². The molecule has 2 aliphatic rings. The van der Waals surface area contributed by atoms with Crippen molar-refractivity contribution in [2.45, 2.75) is 44.6 Å². The SMILES string of the molecule is C[C@@H](N)C(=O)N1CCCN(CCCOc2ccc(-c3noc(C4CC4)n3)c(F)c2)CC1. The summed E-state index contributed by atoms with van der Waals surface area (Å²) >= 11 is 0. The average Bonchev–Trinajstić information content (AvgIpc) is 3.53. The zero-order chi connectivity index (χ0) is 21.8. The van der Waals surface area contributed by atoms with Crippen LogP contribution in [0.3, 0.4) is 0 Å². The highest BCUT2D eigenvalue weighted by atomic mass is 19.1. The Bertz CT molecular complexity index is 899. The first-order valence-corrected chi connectivity index (χ1v) is 11.0. The molecule has 0 unspecified atom stereocenters. The van der Waals surface area contributed by atoms with Gasteiger partial charge in [-0.05, 0) is 51.3 Å². The van der Waals surface area contributed by atoms with Crippen molar-refractivity contribution in [2.75, 3.05) is 39.3 Å². The molecular formula is C22H30FN5O3. The van der Waals surface area contributed by atoms with E-state index in [1.807, 2.05) is 4.90 Å². The first kappa shape index (κ1) is 21.7. The number of nitrogens with zero attached hydrogens (tertiary/aromatic N) is 4. The standard InChI is InChI=1S/C22H30FN5O3/c1-15(24)22(29)28-10-2-8-27(11-12-28)9-3-13-30-17-6-7-18(19(23)14-17)20-25-21(31-26-20)16-4-5-16/h6-7,14-16H,2-5,8-13,24H2,1H3/t15-/m1/s1. The Hall–Kier alpha value is -2.52. The van der Waals surface area contributed by atoms with E-state index in [4.69, 9.17) is 15.0 Å². The van der Waals surface area contributed by atoms with Gasteiger partial charge in [-0.2, -0.15) is 4.98 Å². The summed E-state index contributed by atoms with van der Waals surface area (Å²) in [6.45, 7) is 6.31. The van der Waals surface area contributed by atoms with E-state index >= 15 is 0 Å². The molecule has 9 heteroatoms. The number of halogens is 1. The monoisotopic (exact) mass is 431 g/mol. The fraction of sp³-hybridized carbons (Fsp3) is 0.591. The molecule has 1 saturated carbocycles. The number of nitrogens with two attached hydrogens (primary N) is 1. The predicted molar refractivity (Wildman–Crippen MR) is 113 cm³/mol. The van der Waals surface area contributed by atoms with Crippen molar-refractivity contribution in [3.05, 3.63) is 29.9 Å². The van der Waals surface area contributed by atoms with E-state index in [-0.39, 0.29) is 11.7 Å². The maximum Gasteiger partial charge on any atom is 0.239 e. The van der Waals surface area contributed by atoms with Crippen molar-refractivity contribution >= 4 is 5.91 Å². The van der Waals surface area contributed by atoms with Crippen molar-refractivity contribution in [3.63, 3.8) is 0 Å². The minimum Gasteiger partial charge on any atom is -0.493 e. The van der Waals surface area contributed by atoms with E-state index in [9.17, 15) is 9.18 Å². The second-order valence-corrected chi connectivity index (χ2v) is 8.38. The summed E-state index contributed by atoms with van der Waals surface area (Å²) in [7, 11) is 0. The average molecular weight is 432 g/mol. The number of hydrogen-bond donors (Lipinski definition) is 1. The zero-order valence-electron chi connectivity index (χ0n) is 17.9. The van der Waals surface area contributed by atoms with E-state index in [1.165, 1.54) is 6.07 Å². The molecule has 1 aliphatic carbocycles. The van der Waals surface area contributed by atoms with Crippen LogP contribution in [0, 0.1) is 5.82 Å². The Morgan fingerprint density at radius 1 is 1.32 bits per heavy atom. The van der Waals surface area contributed by atoms with Gasteiger partial charge in [-0.15, -0.1) is 0 Å². The molecule has 2 fully saturated rings. The molecule has 1 amide bonds. The number of amides is 1. The van der Waals surface area contributed by atoms with Crippen LogP contribution in [0.4, 0.5) is 4.39 Å². The number of benzene rings is 1. The van der Waals surface area contributed by atoms with Gasteiger partial charge in [-0.25, -0.2) is 4.39 Å². The van der Waals surface area contributed by atoms with Gasteiger partial charge in [0.1, 0.15) is 11.6 Å². The van der Waals surface area contributed by atoms with E-state index in [1.54, 1.807) is 19.1 Å². The Kier molecular flexibility index (Phi) is 6.82. The third-order valence-corrected chi connectivity index (χ3v) is 5.73. The molecule has 1 aromatic heterocycles. The molecule has 1 saturated heterocycles. The first-order valence-electron chi connectivity index (χ1n) is 11.0. The van der Waals surface area contributed by atoms with Crippen molar-refractivity contribution < 1.29 is 18.4 Å². The summed E-state index contributed by atoms with van der Waals surface area (Å²) in [5.74, 6) is 1.28. The van der Waals surface area contributed by atoms with E-state index < -0.39 is 11.9 Å². The van der Waals surface area contributed by atoms with Crippen molar-refractivity contribution in [2.24, 2.45) is 5.73 Å². The van der Waals surface area contributed by atoms with Crippen LogP contribution in [0.15, 0.2) is 22.7 Å². The molecule has 31 heavy (non-hydrogen) atoms. The Labute approximate surface area is 181 Å². The van der Waals surface area contributed by atoms with Gasteiger partial charge in [-0.3, -0.25) is 4.79 Å². The summed E-state index contributed by atoms with van der Waals surface area (Å²) in [6.07, 6.45) is 3.86. The van der Waals surface area contributed by atoms with Crippen LogP contribution in [0.5, 0.6) is 5.75 Å². The molecule has 1 aromatic carbocycles. The van der Waals surface area contributed by atoms with E-state index in [0.29, 0.717) is 36.3 Å². The van der Waals surface area contributed by atoms with Gasteiger partial charge in [0.25, 0.3) is 0 Å². The van der Waals surface area contributed by atoms with Crippen LogP contribution in [0.25, 0.3) is 11.4 Å². The Morgan fingerprint density at radius 3 is 2.90 bits per heavy atom. The molecule has 0 spiro atoms. The first-order chi connectivity index (χ1) is 15.0. The highest BCUT2D eigenvalue weighted by molar-refractivity contribution is 5.81. The van der Waals surface area contributed by atoms with Gasteiger partial charge in [0.15, 0.2) is 0 Å². The van der Waals surface area contributed by atoms with Crippen molar-refractivity contribution in [1.82, 2.24) is 19.9 Å². The van der Waals surface area contributed by atoms with Crippen LogP contribution in [0.2, 0.25) is 0 Å². The molecule has 168 valence electrons. The Morgan fingerprint density at radius 2 is 2.16 bits per heavy atom. The lowest BCUT2D eigenvalue weighted by Gasteiger charge is -2.23. The van der Waals surface area contributed by atoms with Crippen molar-refractivity contribution in [1.29, 1.82) is 0 Å². The summed E-state index contributed by atoms with van der Waals surface area (Å²) < 4.78 is 25.5. The normalized spacial score (nSPS) is 18.6. The smallest absolute Gasteiger partial charge is 0.239 e. The highest BCUT2D eigenvalue weighted by Crippen LogP contribution is 2.39. The largest absolute Gasteiger partial charge is 0.493 e. The molecule has 0 bridgehead atoms. The fourth-order valence-electron chi connectivity index (χ4n) is 3.79. The molecule has 2 aromatic rings. The second kappa shape index (κ2) is 9.74. The van der Waals surface area contributed by atoms with Crippen LogP contribution in [0.1, 0.15) is 44.4 Å². The maximum absolute atomic E-state index is 14.5. The third kappa shape index (κ3) is 5.59. The van der Waals surface area contributed by atoms with Gasteiger partial charge >= 0.3 is 0 Å². The van der Waals surface area contributed by atoms with Crippen LogP contribution in [-0.2, 0) is 4.79 Å². The van der Waals surface area contributed by atoms with Crippen molar-refractivity contribution in [3.8, 4) is 17.1 Å². The number of ether oxygens (including phenoxy) is 1. The highest BCUT2D eigenvalue weighted by Gasteiger charge is 2.30. The van der Waals surface area contributed by atoms with Gasteiger partial charge in [0.05, 0.1) is 18.2 Å². The van der Waals surface area contributed by atoms with Gasteiger partial charge < -0.3 is 24.8 Å². The maximum atomic E-state index is 14.5. The number of rotatable bonds is 8. The van der Waals surface area contributed by atoms with Crippen LogP contribution in [-0.4, -0.2) is 71.2 Å². The minimum absolute atomic E-state index is 0.0141. The number of hydrogen-bond acceptors (Lipinski definition) is 7. The Balaban J connectivity index is 1.22. The summed E-state index contributed by atoms with van der Waals surface area (Å²) in [4.78, 5) is 20.5. The fourth-order valence-corrected chi connectivity index (χ4v) is 3.79. The second-order valence-electron chi connectivity index (χ2n) is 8.38. The minimum atomic E-state index is -0.452. The number of carbonyl (C=O) groups is 1. The lowest BCUT2D eigenvalue weighted by atomic mass is 10.2. The summed E-state index contributed by atoms with van der Waals surface area (Å²) in [6, 6.07) is 4.28. The molecule has 1 atom stereocenters. The van der Waals surface area contributed by atoms with Crippen LogP contribution < -0.4 is 10.5 Å². The lowest BCUT2D eigenvalue weighted by molar-refractivity contribution is -0.132. The molecule has 2 N–H and O–H groups in total. The third-order valence-electron chi connectivity index (χ3n) is 5.73. The molecule has 0 radical (unpaired) electrons. The molecular weight excluding hydrogens is 401 g/mol. The van der Waals surface area contributed by atoms with Gasteiger partial charge in [0.2, 0.25) is 17.6 Å². The molecule has 1 aliphatic heterocycles. The quantitative estimate of drug-likeness (QED) is 0.641. The number of carbonyl (C=O) groups excluding carboxylic acids is 1. The topological polar surface area (TPSA) is 97.7 Å². The lowest BCUT2D eigenvalue weighted by Crippen LogP contribution is -2.43. The molecule has 2 heterocycles. The van der Waals surface area contributed by atoms with Gasteiger partial charge in [-0.1, -0.05) is 5.16 Å². The number of aromatic nitrogens is 2. The van der Waals surface area contributed by atoms with Crippen LogP contribution >= 0.6 is 0 Å². The molecule has 8 nitrogen and oxygen atoms in total. The zero-order valence-corrected chi connectivity index (χ0v) is 17.9. The summed E-state index contributed by atoms with van der Waals surface area (Å²) in [5, 5.41) is 3.89. The molecule has 4 rings (SSSR count). The van der Waals surface area contributed by atoms with E-state index in [0.717, 1.165) is 51.9 Å². The van der Waals surface area contributed by atoms with Gasteiger partial charge in [0, 0.05) is 38.2 Å².